The maximum Gasteiger partial charge on any atom is 0.341 e. The van der Waals surface area contributed by atoms with E-state index in [0.29, 0.717) is 22.7 Å². The van der Waals surface area contributed by atoms with Crippen molar-refractivity contribution in [3.8, 4) is 11.5 Å². The first-order valence-corrected chi connectivity index (χ1v) is 10.6. The van der Waals surface area contributed by atoms with Crippen molar-refractivity contribution in [2.24, 2.45) is 5.10 Å². The Morgan fingerprint density at radius 3 is 2.74 bits per heavy atom. The molecule has 0 atom stereocenters. The fourth-order valence-corrected chi connectivity index (χ4v) is 4.50. The van der Waals surface area contributed by atoms with Crippen LogP contribution in [-0.4, -0.2) is 42.8 Å². The Kier molecular flexibility index (Phi) is 7.24. The molecule has 31 heavy (non-hydrogen) atoms. The maximum absolute atomic E-state index is 12.3. The van der Waals surface area contributed by atoms with E-state index >= 15 is 0 Å². The van der Waals surface area contributed by atoms with Gasteiger partial charge in [0.05, 0.1) is 25.5 Å². The van der Waals surface area contributed by atoms with Crippen LogP contribution < -0.4 is 15.5 Å². The Morgan fingerprint density at radius 1 is 1.23 bits per heavy atom. The second kappa shape index (κ2) is 10.1. The van der Waals surface area contributed by atoms with Crippen LogP contribution in [0.3, 0.4) is 0 Å². The first kappa shape index (κ1) is 22.3. The van der Waals surface area contributed by atoms with Gasteiger partial charge in [-0.2, -0.15) is 5.10 Å². The zero-order chi connectivity index (χ0) is 22.4. The van der Waals surface area contributed by atoms with Crippen LogP contribution in [-0.2, 0) is 27.2 Å². The highest BCUT2D eigenvalue weighted by molar-refractivity contribution is 7.17. The van der Waals surface area contributed by atoms with Gasteiger partial charge in [-0.3, -0.25) is 9.59 Å². The minimum absolute atomic E-state index is 0.0116. The number of phenolic OH excluding ortho intramolecular Hbond substituents is 1. The Hall–Kier alpha value is -3.40. The van der Waals surface area contributed by atoms with Crippen LogP contribution in [0.4, 0.5) is 5.00 Å². The molecular formula is C21H23N3O6S. The van der Waals surface area contributed by atoms with Crippen molar-refractivity contribution >= 4 is 40.3 Å². The lowest BCUT2D eigenvalue weighted by Crippen LogP contribution is -2.32. The maximum atomic E-state index is 12.3. The number of hydrogen-bond donors (Lipinski definition) is 3. The number of carbonyl (C=O) groups is 3. The molecule has 0 radical (unpaired) electrons. The van der Waals surface area contributed by atoms with Gasteiger partial charge in [-0.25, -0.2) is 10.2 Å². The molecule has 2 aromatic rings. The third kappa shape index (κ3) is 5.21. The van der Waals surface area contributed by atoms with Crippen LogP contribution >= 0.6 is 11.3 Å². The van der Waals surface area contributed by atoms with Crippen LogP contribution in [0.5, 0.6) is 11.5 Å². The fraction of sp³-hybridized carbons (Fsp3) is 0.333. The van der Waals surface area contributed by atoms with E-state index in [1.165, 1.54) is 30.7 Å². The molecule has 9 nitrogen and oxygen atoms in total. The third-order valence-electron chi connectivity index (χ3n) is 4.66. The summed E-state index contributed by atoms with van der Waals surface area (Å²) in [5.41, 5.74) is 3.90. The second-order valence-corrected chi connectivity index (χ2v) is 7.83. The zero-order valence-electron chi connectivity index (χ0n) is 17.2. The molecule has 0 fully saturated rings. The number of hydrogen-bond acceptors (Lipinski definition) is 8. The first-order valence-electron chi connectivity index (χ1n) is 9.77. The monoisotopic (exact) mass is 445 g/mol. The lowest BCUT2D eigenvalue weighted by atomic mass is 9.95. The summed E-state index contributed by atoms with van der Waals surface area (Å²) in [4.78, 5) is 37.7. The van der Waals surface area contributed by atoms with E-state index in [1.54, 1.807) is 19.1 Å². The molecular weight excluding hydrogens is 422 g/mol. The number of amides is 2. The number of rotatable bonds is 6. The number of esters is 1. The van der Waals surface area contributed by atoms with E-state index in [2.05, 4.69) is 15.8 Å². The van der Waals surface area contributed by atoms with Crippen LogP contribution in [0.1, 0.15) is 46.1 Å². The van der Waals surface area contributed by atoms with Gasteiger partial charge in [-0.15, -0.1) is 11.3 Å². The standard InChI is InChI=1S/C21H23N3O6S/c1-3-30-15-10-12(8-9-14(15)25)11-22-24-19(27)18(26)23-20-17(21(28)29-2)13-6-4-5-7-16(13)31-20/h8-11,25H,3-7H2,1-2H3,(H,23,26)(H,24,27)/b22-11+. The molecule has 1 aromatic carbocycles. The van der Waals surface area contributed by atoms with Gasteiger partial charge in [0, 0.05) is 4.88 Å². The van der Waals surface area contributed by atoms with E-state index in [4.69, 9.17) is 9.47 Å². The lowest BCUT2D eigenvalue weighted by molar-refractivity contribution is -0.136. The molecule has 0 unspecified atom stereocenters. The van der Waals surface area contributed by atoms with Crippen LogP contribution in [0.15, 0.2) is 23.3 Å². The number of ether oxygens (including phenoxy) is 2. The number of thiophene rings is 1. The first-order chi connectivity index (χ1) is 14.9. The minimum Gasteiger partial charge on any atom is -0.504 e. The Morgan fingerprint density at radius 2 is 2.00 bits per heavy atom. The molecule has 3 N–H and O–H groups in total. The lowest BCUT2D eigenvalue weighted by Gasteiger charge is -2.11. The Labute approximate surface area is 183 Å². The number of fused-ring (bicyclic) bond motifs is 1. The molecule has 0 saturated carbocycles. The number of phenols is 1. The normalized spacial score (nSPS) is 12.8. The summed E-state index contributed by atoms with van der Waals surface area (Å²) in [7, 11) is 1.28. The Balaban J connectivity index is 1.67. The van der Waals surface area contributed by atoms with Crippen molar-refractivity contribution in [3.05, 3.63) is 39.8 Å². The molecule has 0 saturated heterocycles. The number of aryl methyl sites for hydroxylation is 1. The molecule has 1 aliphatic rings. The van der Waals surface area contributed by atoms with E-state index < -0.39 is 17.8 Å². The summed E-state index contributed by atoms with van der Waals surface area (Å²) in [5.74, 6) is -2.19. The quantitative estimate of drug-likeness (QED) is 0.272. The van der Waals surface area contributed by atoms with Crippen molar-refractivity contribution in [2.45, 2.75) is 32.6 Å². The van der Waals surface area contributed by atoms with Gasteiger partial charge in [0.15, 0.2) is 11.5 Å². The molecule has 0 aliphatic heterocycles. The molecule has 0 bridgehead atoms. The van der Waals surface area contributed by atoms with Gasteiger partial charge in [0.25, 0.3) is 0 Å². The zero-order valence-corrected chi connectivity index (χ0v) is 18.0. The smallest absolute Gasteiger partial charge is 0.341 e. The van der Waals surface area contributed by atoms with Gasteiger partial charge in [-0.1, -0.05) is 0 Å². The van der Waals surface area contributed by atoms with Gasteiger partial charge in [0.2, 0.25) is 0 Å². The number of methoxy groups -OCH3 is 1. The molecule has 164 valence electrons. The molecule has 2 amide bonds. The van der Waals surface area contributed by atoms with Crippen LogP contribution in [0, 0.1) is 0 Å². The van der Waals surface area contributed by atoms with E-state index in [1.807, 2.05) is 0 Å². The van der Waals surface area contributed by atoms with Crippen LogP contribution in [0.2, 0.25) is 0 Å². The van der Waals surface area contributed by atoms with Gasteiger partial charge in [-0.05, 0) is 61.9 Å². The predicted molar refractivity (Wildman–Crippen MR) is 116 cm³/mol. The van der Waals surface area contributed by atoms with Crippen molar-refractivity contribution in [3.63, 3.8) is 0 Å². The third-order valence-corrected chi connectivity index (χ3v) is 5.86. The van der Waals surface area contributed by atoms with Crippen molar-refractivity contribution < 1.29 is 29.0 Å². The molecule has 3 rings (SSSR count). The topological polar surface area (TPSA) is 126 Å². The highest BCUT2D eigenvalue weighted by atomic mass is 32.1. The number of anilines is 1. The van der Waals surface area contributed by atoms with Gasteiger partial charge < -0.3 is 19.9 Å². The van der Waals surface area contributed by atoms with Crippen molar-refractivity contribution in [1.29, 1.82) is 0 Å². The summed E-state index contributed by atoms with van der Waals surface area (Å²) < 4.78 is 10.1. The van der Waals surface area contributed by atoms with Crippen molar-refractivity contribution in [1.82, 2.24) is 5.43 Å². The van der Waals surface area contributed by atoms with Gasteiger partial charge >= 0.3 is 17.8 Å². The number of hydrazone groups is 1. The Bertz CT molecular complexity index is 1030. The van der Waals surface area contributed by atoms with Crippen molar-refractivity contribution in [2.75, 3.05) is 19.0 Å². The molecule has 10 heteroatoms. The molecule has 0 spiro atoms. The number of benzene rings is 1. The fourth-order valence-electron chi connectivity index (χ4n) is 3.23. The summed E-state index contributed by atoms with van der Waals surface area (Å²) in [6.45, 7) is 2.17. The molecule has 1 aromatic heterocycles. The van der Waals surface area contributed by atoms with Gasteiger partial charge in [0.1, 0.15) is 5.00 Å². The van der Waals surface area contributed by atoms with Crippen LogP contribution in [0.25, 0.3) is 0 Å². The summed E-state index contributed by atoms with van der Waals surface area (Å²) in [6, 6.07) is 4.56. The summed E-state index contributed by atoms with van der Waals surface area (Å²) in [6.07, 6.45) is 4.85. The number of nitrogens with zero attached hydrogens (tertiary/aromatic N) is 1. The predicted octanol–water partition coefficient (Wildman–Crippen LogP) is 2.61. The van der Waals surface area contributed by atoms with E-state index in [0.717, 1.165) is 36.1 Å². The largest absolute Gasteiger partial charge is 0.504 e. The SMILES string of the molecule is CCOc1cc(/C=N/NC(=O)C(=O)Nc2sc3c(c2C(=O)OC)CCCC3)ccc1O. The average molecular weight is 445 g/mol. The summed E-state index contributed by atoms with van der Waals surface area (Å²) in [5, 5.41) is 16.3. The average Bonchev–Trinajstić information content (AvgIpc) is 3.13. The highest BCUT2D eigenvalue weighted by Gasteiger charge is 2.28. The summed E-state index contributed by atoms with van der Waals surface area (Å²) >= 11 is 1.29. The van der Waals surface area contributed by atoms with E-state index in [9.17, 15) is 19.5 Å². The van der Waals surface area contributed by atoms with E-state index in [-0.39, 0.29) is 11.5 Å². The molecule has 1 aliphatic carbocycles. The highest BCUT2D eigenvalue weighted by Crippen LogP contribution is 2.38. The number of carbonyl (C=O) groups excluding carboxylic acids is 3. The number of nitrogens with one attached hydrogen (secondary N) is 2. The number of aromatic hydroxyl groups is 1. The molecule has 1 heterocycles. The second-order valence-electron chi connectivity index (χ2n) is 6.72. The minimum atomic E-state index is -0.984.